The molecule has 8 nitrogen and oxygen atoms in total. The van der Waals surface area contributed by atoms with Crippen LogP contribution in [0.3, 0.4) is 0 Å². The summed E-state index contributed by atoms with van der Waals surface area (Å²) in [6.45, 7) is 4.95. The third-order valence-corrected chi connectivity index (χ3v) is 5.72. The Morgan fingerprint density at radius 3 is 2.43 bits per heavy atom. The summed E-state index contributed by atoms with van der Waals surface area (Å²) in [4.78, 5) is 26.9. The summed E-state index contributed by atoms with van der Waals surface area (Å²) < 4.78 is 25.0. The molecule has 2 fully saturated rings. The summed E-state index contributed by atoms with van der Waals surface area (Å²) in [6.07, 6.45) is 0. The van der Waals surface area contributed by atoms with E-state index in [0.717, 1.165) is 0 Å². The minimum absolute atomic E-state index is 0.0725. The molecule has 0 radical (unpaired) electrons. The van der Waals surface area contributed by atoms with E-state index in [0.29, 0.717) is 39.3 Å². The topological polar surface area (TPSA) is 90.0 Å². The number of rotatable bonds is 4. The zero-order valence-corrected chi connectivity index (χ0v) is 13.1. The fraction of sp³-hybridized carbons (Fsp3) is 0.833. The Bertz CT molecular complexity index is 499. The molecule has 0 atom stereocenters. The van der Waals surface area contributed by atoms with Gasteiger partial charge in [-0.25, -0.2) is 8.42 Å². The van der Waals surface area contributed by atoms with E-state index in [-0.39, 0.29) is 30.7 Å². The molecule has 21 heavy (non-hydrogen) atoms. The van der Waals surface area contributed by atoms with Crippen LogP contribution >= 0.6 is 0 Å². The lowest BCUT2D eigenvalue weighted by Gasteiger charge is -2.35. The maximum atomic E-state index is 12.1. The second-order valence-corrected chi connectivity index (χ2v) is 7.50. The van der Waals surface area contributed by atoms with E-state index in [2.05, 4.69) is 5.32 Å². The van der Waals surface area contributed by atoms with Gasteiger partial charge in [0.2, 0.25) is 21.8 Å². The standard InChI is InChI=1S/C12H22N4O4S/c1-2-21(19,20)16-7-5-14(6-8-16)10-12(18)15-4-3-13-11(17)9-15/h2-10H2,1H3,(H,13,17). The molecule has 0 bridgehead atoms. The number of sulfonamides is 1. The van der Waals surface area contributed by atoms with Gasteiger partial charge in [-0.05, 0) is 6.92 Å². The van der Waals surface area contributed by atoms with Crippen LogP contribution in [-0.4, -0.2) is 92.4 Å². The van der Waals surface area contributed by atoms with Gasteiger partial charge in [-0.2, -0.15) is 4.31 Å². The number of carbonyl (C=O) groups is 2. The van der Waals surface area contributed by atoms with Crippen LogP contribution in [0.25, 0.3) is 0 Å². The molecule has 2 rings (SSSR count). The molecule has 0 aromatic heterocycles. The minimum Gasteiger partial charge on any atom is -0.353 e. The molecule has 1 N–H and O–H groups in total. The van der Waals surface area contributed by atoms with Crippen molar-refractivity contribution in [3.8, 4) is 0 Å². The second kappa shape index (κ2) is 6.71. The van der Waals surface area contributed by atoms with E-state index in [1.165, 1.54) is 4.31 Å². The zero-order chi connectivity index (χ0) is 15.5. The number of nitrogens with zero attached hydrogens (tertiary/aromatic N) is 3. The van der Waals surface area contributed by atoms with Crippen molar-refractivity contribution in [2.24, 2.45) is 0 Å². The van der Waals surface area contributed by atoms with Gasteiger partial charge < -0.3 is 10.2 Å². The zero-order valence-electron chi connectivity index (χ0n) is 12.2. The molecule has 9 heteroatoms. The van der Waals surface area contributed by atoms with Gasteiger partial charge in [0.15, 0.2) is 0 Å². The van der Waals surface area contributed by atoms with E-state index in [1.807, 2.05) is 4.90 Å². The molecule has 2 heterocycles. The predicted octanol–water partition coefficient (Wildman–Crippen LogP) is -2.09. The fourth-order valence-corrected chi connectivity index (χ4v) is 3.58. The van der Waals surface area contributed by atoms with Gasteiger partial charge in [-0.15, -0.1) is 0 Å². The average molecular weight is 318 g/mol. The first-order valence-electron chi connectivity index (χ1n) is 7.17. The molecule has 0 aromatic rings. The van der Waals surface area contributed by atoms with Crippen molar-refractivity contribution < 1.29 is 18.0 Å². The lowest BCUT2D eigenvalue weighted by molar-refractivity contribution is -0.139. The molecular formula is C12H22N4O4S. The molecule has 2 aliphatic heterocycles. The van der Waals surface area contributed by atoms with Gasteiger partial charge in [0, 0.05) is 39.3 Å². The first kappa shape index (κ1) is 16.2. The monoisotopic (exact) mass is 318 g/mol. The number of hydrogen-bond acceptors (Lipinski definition) is 5. The summed E-state index contributed by atoms with van der Waals surface area (Å²) >= 11 is 0. The normalized spacial score (nSPS) is 22.1. The van der Waals surface area contributed by atoms with Gasteiger partial charge in [-0.1, -0.05) is 0 Å². The Labute approximate surface area is 125 Å². The highest BCUT2D eigenvalue weighted by Crippen LogP contribution is 2.08. The van der Waals surface area contributed by atoms with Crippen molar-refractivity contribution in [2.75, 3.05) is 58.1 Å². The van der Waals surface area contributed by atoms with Crippen molar-refractivity contribution >= 4 is 21.8 Å². The number of carbonyl (C=O) groups excluding carboxylic acids is 2. The maximum absolute atomic E-state index is 12.1. The Morgan fingerprint density at radius 1 is 1.19 bits per heavy atom. The Morgan fingerprint density at radius 2 is 1.86 bits per heavy atom. The van der Waals surface area contributed by atoms with E-state index in [1.54, 1.807) is 11.8 Å². The fourth-order valence-electron chi connectivity index (χ4n) is 2.49. The highest BCUT2D eigenvalue weighted by Gasteiger charge is 2.28. The third kappa shape index (κ3) is 4.14. The van der Waals surface area contributed by atoms with Crippen molar-refractivity contribution in [1.29, 1.82) is 0 Å². The third-order valence-electron chi connectivity index (χ3n) is 3.84. The smallest absolute Gasteiger partial charge is 0.239 e. The molecule has 0 unspecified atom stereocenters. The summed E-state index contributed by atoms with van der Waals surface area (Å²) in [6, 6.07) is 0. The summed E-state index contributed by atoms with van der Waals surface area (Å²) in [5.41, 5.74) is 0. The maximum Gasteiger partial charge on any atom is 0.239 e. The van der Waals surface area contributed by atoms with Crippen molar-refractivity contribution in [3.63, 3.8) is 0 Å². The molecule has 0 aliphatic carbocycles. The van der Waals surface area contributed by atoms with E-state index >= 15 is 0 Å². The molecule has 0 spiro atoms. The second-order valence-electron chi connectivity index (χ2n) is 5.24. The first-order chi connectivity index (χ1) is 9.92. The number of piperazine rings is 2. The van der Waals surface area contributed by atoms with Gasteiger partial charge in [0.1, 0.15) is 0 Å². The Balaban J connectivity index is 1.80. The minimum atomic E-state index is -3.14. The van der Waals surface area contributed by atoms with Gasteiger partial charge in [0.05, 0.1) is 18.8 Å². The van der Waals surface area contributed by atoms with Gasteiger partial charge in [-0.3, -0.25) is 14.5 Å². The van der Waals surface area contributed by atoms with Crippen LogP contribution < -0.4 is 5.32 Å². The van der Waals surface area contributed by atoms with Gasteiger partial charge in [0.25, 0.3) is 0 Å². The lowest BCUT2D eigenvalue weighted by Crippen LogP contribution is -2.55. The number of amides is 2. The average Bonchev–Trinajstić information content (AvgIpc) is 2.48. The van der Waals surface area contributed by atoms with Crippen LogP contribution in [0.2, 0.25) is 0 Å². The SMILES string of the molecule is CCS(=O)(=O)N1CCN(CC(=O)N2CCNC(=O)C2)CC1. The molecule has 2 amide bonds. The van der Waals surface area contributed by atoms with E-state index in [4.69, 9.17) is 0 Å². The van der Waals surface area contributed by atoms with E-state index in [9.17, 15) is 18.0 Å². The molecule has 0 saturated carbocycles. The highest BCUT2D eigenvalue weighted by atomic mass is 32.2. The molecular weight excluding hydrogens is 296 g/mol. The van der Waals surface area contributed by atoms with E-state index < -0.39 is 10.0 Å². The Hall–Kier alpha value is -1.19. The number of nitrogens with one attached hydrogen (secondary N) is 1. The molecule has 2 saturated heterocycles. The Kier molecular flexibility index (Phi) is 5.17. The van der Waals surface area contributed by atoms with Crippen molar-refractivity contribution in [3.05, 3.63) is 0 Å². The highest BCUT2D eigenvalue weighted by molar-refractivity contribution is 7.89. The predicted molar refractivity (Wildman–Crippen MR) is 77.1 cm³/mol. The van der Waals surface area contributed by atoms with Crippen LogP contribution in [0.15, 0.2) is 0 Å². The molecule has 120 valence electrons. The van der Waals surface area contributed by atoms with Crippen LogP contribution in [0.1, 0.15) is 6.92 Å². The summed E-state index contributed by atoms with van der Waals surface area (Å²) in [5.74, 6) is -0.0976. The lowest BCUT2D eigenvalue weighted by atomic mass is 10.3. The summed E-state index contributed by atoms with van der Waals surface area (Å²) in [7, 11) is -3.14. The largest absolute Gasteiger partial charge is 0.353 e. The van der Waals surface area contributed by atoms with Crippen LogP contribution in [0.4, 0.5) is 0 Å². The molecule has 2 aliphatic rings. The molecule has 0 aromatic carbocycles. The van der Waals surface area contributed by atoms with Crippen molar-refractivity contribution in [2.45, 2.75) is 6.92 Å². The first-order valence-corrected chi connectivity index (χ1v) is 8.78. The van der Waals surface area contributed by atoms with Crippen LogP contribution in [0.5, 0.6) is 0 Å². The van der Waals surface area contributed by atoms with Crippen LogP contribution in [-0.2, 0) is 19.6 Å². The summed E-state index contributed by atoms with van der Waals surface area (Å²) in [5, 5.41) is 2.68. The quantitative estimate of drug-likeness (QED) is 0.642. The van der Waals surface area contributed by atoms with Crippen molar-refractivity contribution in [1.82, 2.24) is 19.4 Å². The van der Waals surface area contributed by atoms with Gasteiger partial charge >= 0.3 is 0 Å². The van der Waals surface area contributed by atoms with Crippen LogP contribution in [0, 0.1) is 0 Å². The number of hydrogen-bond donors (Lipinski definition) is 1.